The number of nitrogens with one attached hydrogen (secondary N) is 3. The van der Waals surface area contributed by atoms with Crippen LogP contribution in [0.2, 0.25) is 0 Å². The van der Waals surface area contributed by atoms with E-state index in [1.54, 1.807) is 0 Å². The smallest absolute Gasteiger partial charge is 0.315 e. The van der Waals surface area contributed by atoms with Crippen LogP contribution in [-0.2, 0) is 4.79 Å². The van der Waals surface area contributed by atoms with E-state index in [1.165, 1.54) is 19.3 Å². The van der Waals surface area contributed by atoms with Crippen molar-refractivity contribution in [2.45, 2.75) is 50.5 Å². The maximum absolute atomic E-state index is 12.4. The van der Waals surface area contributed by atoms with Gasteiger partial charge in [0.2, 0.25) is 5.91 Å². The van der Waals surface area contributed by atoms with Crippen LogP contribution in [0, 0.1) is 17.8 Å². The lowest BCUT2D eigenvalue weighted by molar-refractivity contribution is -0.116. The maximum Gasteiger partial charge on any atom is 0.315 e. The highest BCUT2D eigenvalue weighted by Crippen LogP contribution is 2.55. The zero-order valence-corrected chi connectivity index (χ0v) is 17.0. The van der Waals surface area contributed by atoms with Crippen LogP contribution >= 0.6 is 0 Å². The third-order valence-electron chi connectivity index (χ3n) is 6.72. The lowest BCUT2D eigenvalue weighted by Crippen LogP contribution is -2.61. The SMILES string of the molecule is CN(C)c1ccc(NC(=O)CCNC(=O)NC23CC4CC(CC(C4)C2)C3)cc1. The van der Waals surface area contributed by atoms with Crippen molar-refractivity contribution in [2.24, 2.45) is 17.8 Å². The van der Waals surface area contributed by atoms with Gasteiger partial charge >= 0.3 is 6.03 Å². The van der Waals surface area contributed by atoms with Gasteiger partial charge < -0.3 is 20.9 Å². The summed E-state index contributed by atoms with van der Waals surface area (Å²) in [5, 5.41) is 9.04. The Balaban J connectivity index is 1.20. The molecule has 3 N–H and O–H groups in total. The lowest BCUT2D eigenvalue weighted by Gasteiger charge is -2.56. The summed E-state index contributed by atoms with van der Waals surface area (Å²) in [4.78, 5) is 26.6. The van der Waals surface area contributed by atoms with Crippen molar-refractivity contribution < 1.29 is 9.59 Å². The zero-order valence-electron chi connectivity index (χ0n) is 17.0. The second-order valence-electron chi connectivity index (χ2n) is 9.32. The Labute approximate surface area is 167 Å². The van der Waals surface area contributed by atoms with E-state index >= 15 is 0 Å². The van der Waals surface area contributed by atoms with E-state index in [9.17, 15) is 9.59 Å². The number of anilines is 2. The normalized spacial score (nSPS) is 30.0. The first kappa shape index (κ1) is 19.1. The van der Waals surface area contributed by atoms with Crippen molar-refractivity contribution in [1.29, 1.82) is 0 Å². The Morgan fingerprint density at radius 2 is 1.57 bits per heavy atom. The van der Waals surface area contributed by atoms with Gasteiger partial charge in [-0.3, -0.25) is 4.79 Å². The highest BCUT2D eigenvalue weighted by molar-refractivity contribution is 5.91. The minimum absolute atomic E-state index is 0.00920. The number of carbonyl (C=O) groups excluding carboxylic acids is 2. The molecule has 3 amide bonds. The molecule has 0 atom stereocenters. The Kier molecular flexibility index (Phi) is 5.21. The fourth-order valence-corrected chi connectivity index (χ4v) is 5.90. The van der Waals surface area contributed by atoms with Crippen molar-refractivity contribution in [3.8, 4) is 0 Å². The van der Waals surface area contributed by atoms with E-state index in [-0.39, 0.29) is 23.9 Å². The number of hydrogen-bond acceptors (Lipinski definition) is 3. The molecule has 1 aromatic carbocycles. The molecule has 4 aliphatic rings. The molecule has 0 aliphatic heterocycles. The molecule has 5 rings (SSSR count). The predicted molar refractivity (Wildman–Crippen MR) is 111 cm³/mol. The number of carbonyl (C=O) groups is 2. The van der Waals surface area contributed by atoms with Crippen LogP contribution in [0.1, 0.15) is 44.9 Å². The fraction of sp³-hybridized carbons (Fsp3) is 0.636. The highest BCUT2D eigenvalue weighted by atomic mass is 16.2. The van der Waals surface area contributed by atoms with E-state index in [0.29, 0.717) is 6.54 Å². The third-order valence-corrected chi connectivity index (χ3v) is 6.72. The molecule has 6 nitrogen and oxygen atoms in total. The molecule has 6 heteroatoms. The number of benzene rings is 1. The monoisotopic (exact) mass is 384 g/mol. The van der Waals surface area contributed by atoms with Gasteiger partial charge in [0.1, 0.15) is 0 Å². The second-order valence-corrected chi connectivity index (χ2v) is 9.32. The van der Waals surface area contributed by atoms with Gasteiger partial charge in [-0.2, -0.15) is 0 Å². The minimum Gasteiger partial charge on any atom is -0.378 e. The Bertz CT molecular complexity index is 693. The maximum atomic E-state index is 12.4. The fourth-order valence-electron chi connectivity index (χ4n) is 5.90. The van der Waals surface area contributed by atoms with E-state index in [2.05, 4.69) is 16.0 Å². The number of hydrogen-bond donors (Lipinski definition) is 3. The van der Waals surface area contributed by atoms with Crippen molar-refractivity contribution in [3.63, 3.8) is 0 Å². The van der Waals surface area contributed by atoms with Gasteiger partial charge in [-0.25, -0.2) is 4.79 Å². The molecule has 0 heterocycles. The van der Waals surface area contributed by atoms with E-state index in [1.807, 2.05) is 43.3 Å². The van der Waals surface area contributed by atoms with Gasteiger partial charge in [0.05, 0.1) is 0 Å². The molecule has 152 valence electrons. The van der Waals surface area contributed by atoms with Crippen LogP contribution in [0.25, 0.3) is 0 Å². The number of urea groups is 1. The molecule has 28 heavy (non-hydrogen) atoms. The Morgan fingerprint density at radius 1 is 1.00 bits per heavy atom. The van der Waals surface area contributed by atoms with Crippen LogP contribution in [0.4, 0.5) is 16.2 Å². The van der Waals surface area contributed by atoms with Crippen molar-refractivity contribution in [3.05, 3.63) is 24.3 Å². The number of rotatable bonds is 6. The average molecular weight is 385 g/mol. The van der Waals surface area contributed by atoms with Gasteiger partial charge in [-0.15, -0.1) is 0 Å². The van der Waals surface area contributed by atoms with Crippen molar-refractivity contribution in [1.82, 2.24) is 10.6 Å². The van der Waals surface area contributed by atoms with Crippen molar-refractivity contribution in [2.75, 3.05) is 30.9 Å². The predicted octanol–water partition coefficient (Wildman–Crippen LogP) is 3.35. The van der Waals surface area contributed by atoms with Gasteiger partial charge in [0.25, 0.3) is 0 Å². The summed E-state index contributed by atoms with van der Waals surface area (Å²) in [6.45, 7) is 0.347. The molecule has 4 bridgehead atoms. The quantitative estimate of drug-likeness (QED) is 0.704. The van der Waals surface area contributed by atoms with Crippen LogP contribution in [-0.4, -0.2) is 38.1 Å². The van der Waals surface area contributed by atoms with Crippen molar-refractivity contribution >= 4 is 23.3 Å². The Hall–Kier alpha value is -2.24. The molecule has 0 radical (unpaired) electrons. The highest BCUT2D eigenvalue weighted by Gasteiger charge is 2.51. The molecule has 1 aromatic rings. The zero-order chi connectivity index (χ0) is 19.7. The molecule has 0 saturated heterocycles. The standard InChI is InChI=1S/C22H32N4O2/c1-26(2)19-5-3-18(4-6-19)24-20(27)7-8-23-21(28)25-22-12-15-9-16(13-22)11-17(10-15)14-22/h3-6,15-17H,7-14H2,1-2H3,(H,24,27)(H2,23,25,28). The average Bonchev–Trinajstić information content (AvgIpc) is 2.60. The summed E-state index contributed by atoms with van der Waals surface area (Å²) >= 11 is 0. The lowest BCUT2D eigenvalue weighted by atomic mass is 9.53. The summed E-state index contributed by atoms with van der Waals surface area (Å²) in [6.07, 6.45) is 7.75. The largest absolute Gasteiger partial charge is 0.378 e. The van der Waals surface area contributed by atoms with E-state index in [0.717, 1.165) is 48.4 Å². The van der Waals surface area contributed by atoms with Crippen LogP contribution in [0.3, 0.4) is 0 Å². The number of nitrogens with zero attached hydrogens (tertiary/aromatic N) is 1. The molecule has 4 saturated carbocycles. The summed E-state index contributed by atoms with van der Waals surface area (Å²) in [6, 6.07) is 7.59. The second kappa shape index (κ2) is 7.64. The van der Waals surface area contributed by atoms with Crippen LogP contribution in [0.5, 0.6) is 0 Å². The van der Waals surface area contributed by atoms with E-state index < -0.39 is 0 Å². The minimum atomic E-state index is -0.120. The molecule has 4 aliphatic carbocycles. The van der Waals surface area contributed by atoms with Gasteiger partial charge in [-0.05, 0) is 80.5 Å². The molecule has 4 fully saturated rings. The van der Waals surface area contributed by atoms with E-state index in [4.69, 9.17) is 0 Å². The summed E-state index contributed by atoms with van der Waals surface area (Å²) < 4.78 is 0. The molecule has 0 aromatic heterocycles. The molecular weight excluding hydrogens is 352 g/mol. The first-order chi connectivity index (χ1) is 13.4. The van der Waals surface area contributed by atoms with Crippen LogP contribution in [0.15, 0.2) is 24.3 Å². The summed E-state index contributed by atoms with van der Waals surface area (Å²) in [5.41, 5.74) is 1.87. The first-order valence-corrected chi connectivity index (χ1v) is 10.5. The number of amides is 3. The van der Waals surface area contributed by atoms with Gasteiger partial charge in [-0.1, -0.05) is 0 Å². The summed E-state index contributed by atoms with van der Waals surface area (Å²) in [5.74, 6) is 2.32. The molecule has 0 spiro atoms. The topological polar surface area (TPSA) is 73.5 Å². The van der Waals surface area contributed by atoms with Crippen LogP contribution < -0.4 is 20.9 Å². The molecule has 0 unspecified atom stereocenters. The van der Waals surface area contributed by atoms with Gasteiger partial charge in [0, 0.05) is 44.0 Å². The third kappa shape index (κ3) is 4.26. The Morgan fingerprint density at radius 3 is 2.11 bits per heavy atom. The van der Waals surface area contributed by atoms with Gasteiger partial charge in [0.15, 0.2) is 0 Å². The first-order valence-electron chi connectivity index (χ1n) is 10.5. The summed E-state index contributed by atoms with van der Waals surface area (Å²) in [7, 11) is 3.96. The molecular formula is C22H32N4O2.